The van der Waals surface area contributed by atoms with Gasteiger partial charge in [-0.15, -0.1) is 0 Å². The molecule has 4 rings (SSSR count). The highest BCUT2D eigenvalue weighted by atomic mass is 16.4. The van der Waals surface area contributed by atoms with Gasteiger partial charge in [-0.1, -0.05) is 18.2 Å². The molecule has 1 N–H and O–H groups in total. The Kier molecular flexibility index (Phi) is 3.63. The molecule has 0 spiro atoms. The van der Waals surface area contributed by atoms with Gasteiger partial charge in [0.2, 0.25) is 0 Å². The van der Waals surface area contributed by atoms with Gasteiger partial charge in [0.1, 0.15) is 5.69 Å². The lowest BCUT2D eigenvalue weighted by Gasteiger charge is -2.35. The summed E-state index contributed by atoms with van der Waals surface area (Å²) in [5.74, 6) is 0.404. The molecule has 3 heterocycles. The SMILES string of the molecule is O=C(O)N1CCC(CN2CCn3nc4ccccc4c3C2=O)CC1. The molecule has 7 heteroatoms. The van der Waals surface area contributed by atoms with Gasteiger partial charge in [0.05, 0.1) is 12.1 Å². The fourth-order valence-electron chi connectivity index (χ4n) is 3.73. The molecular formula is C17H20N4O3. The molecule has 1 fully saturated rings. The van der Waals surface area contributed by atoms with Crippen molar-refractivity contribution in [2.24, 2.45) is 5.92 Å². The van der Waals surface area contributed by atoms with Crippen molar-refractivity contribution in [3.8, 4) is 0 Å². The lowest BCUT2D eigenvalue weighted by molar-refractivity contribution is 0.0625. The summed E-state index contributed by atoms with van der Waals surface area (Å²) in [6.07, 6.45) is 0.782. The summed E-state index contributed by atoms with van der Waals surface area (Å²) in [5, 5.41) is 14.4. The number of fused-ring (bicyclic) bond motifs is 3. The predicted molar refractivity (Wildman–Crippen MR) is 88.0 cm³/mol. The Morgan fingerprint density at radius 1 is 1.17 bits per heavy atom. The van der Waals surface area contributed by atoms with Gasteiger partial charge in [0.15, 0.2) is 0 Å². The van der Waals surface area contributed by atoms with Crippen LogP contribution in [0.2, 0.25) is 0 Å². The van der Waals surface area contributed by atoms with Crippen LogP contribution in [0.1, 0.15) is 23.3 Å². The number of hydrogen-bond donors (Lipinski definition) is 1. The van der Waals surface area contributed by atoms with Crippen molar-refractivity contribution in [2.75, 3.05) is 26.2 Å². The Morgan fingerprint density at radius 2 is 1.92 bits per heavy atom. The maximum Gasteiger partial charge on any atom is 0.407 e. The van der Waals surface area contributed by atoms with Crippen LogP contribution < -0.4 is 0 Å². The average molecular weight is 328 g/mol. The van der Waals surface area contributed by atoms with Crippen LogP contribution in [0.3, 0.4) is 0 Å². The molecule has 1 aromatic carbocycles. The first-order chi connectivity index (χ1) is 11.6. The maximum absolute atomic E-state index is 12.9. The molecule has 0 saturated carbocycles. The van der Waals surface area contributed by atoms with Crippen molar-refractivity contribution in [1.29, 1.82) is 0 Å². The summed E-state index contributed by atoms with van der Waals surface area (Å²) in [7, 11) is 0. The number of carbonyl (C=O) groups is 2. The number of carboxylic acid groups (broad SMARTS) is 1. The van der Waals surface area contributed by atoms with E-state index in [-0.39, 0.29) is 5.91 Å². The van der Waals surface area contributed by atoms with Gasteiger partial charge in [-0.2, -0.15) is 5.10 Å². The van der Waals surface area contributed by atoms with E-state index >= 15 is 0 Å². The van der Waals surface area contributed by atoms with E-state index in [1.54, 1.807) is 0 Å². The maximum atomic E-state index is 12.9. The number of amides is 2. The molecule has 24 heavy (non-hydrogen) atoms. The van der Waals surface area contributed by atoms with Crippen LogP contribution in [0.15, 0.2) is 24.3 Å². The average Bonchev–Trinajstić information content (AvgIpc) is 2.97. The molecule has 2 aliphatic rings. The van der Waals surface area contributed by atoms with E-state index in [2.05, 4.69) is 5.10 Å². The number of likely N-dealkylation sites (tertiary alicyclic amines) is 1. The van der Waals surface area contributed by atoms with Crippen LogP contribution >= 0.6 is 0 Å². The minimum atomic E-state index is -0.849. The molecule has 2 aromatic rings. The molecule has 0 aliphatic carbocycles. The predicted octanol–water partition coefficient (Wildman–Crippen LogP) is 1.88. The van der Waals surface area contributed by atoms with Gasteiger partial charge in [0, 0.05) is 31.6 Å². The van der Waals surface area contributed by atoms with Crippen molar-refractivity contribution in [3.63, 3.8) is 0 Å². The second-order valence-electron chi connectivity index (χ2n) is 6.55. The molecule has 1 aromatic heterocycles. The highest BCUT2D eigenvalue weighted by Crippen LogP contribution is 2.25. The van der Waals surface area contributed by atoms with E-state index in [9.17, 15) is 9.59 Å². The number of benzene rings is 1. The largest absolute Gasteiger partial charge is 0.465 e. The molecule has 0 bridgehead atoms. The Bertz CT molecular complexity index is 792. The molecule has 0 unspecified atom stereocenters. The molecule has 2 aliphatic heterocycles. The van der Waals surface area contributed by atoms with Crippen LogP contribution in [-0.4, -0.2) is 62.9 Å². The number of nitrogens with zero attached hydrogens (tertiary/aromatic N) is 4. The summed E-state index contributed by atoms with van der Waals surface area (Å²) in [4.78, 5) is 27.2. The minimum Gasteiger partial charge on any atom is -0.465 e. The molecule has 7 nitrogen and oxygen atoms in total. The monoisotopic (exact) mass is 328 g/mol. The van der Waals surface area contributed by atoms with Gasteiger partial charge in [-0.3, -0.25) is 9.48 Å². The Labute approximate surface area is 139 Å². The third kappa shape index (κ3) is 2.50. The smallest absolute Gasteiger partial charge is 0.407 e. The summed E-state index contributed by atoms with van der Waals surface area (Å²) >= 11 is 0. The molecule has 126 valence electrons. The molecule has 0 atom stereocenters. The Balaban J connectivity index is 1.49. The van der Waals surface area contributed by atoms with E-state index in [1.807, 2.05) is 33.8 Å². The molecule has 0 radical (unpaired) electrons. The molecular weight excluding hydrogens is 308 g/mol. The lowest BCUT2D eigenvalue weighted by Crippen LogP contribution is -2.46. The zero-order valence-electron chi connectivity index (χ0n) is 13.4. The van der Waals surface area contributed by atoms with E-state index in [0.29, 0.717) is 44.3 Å². The fraction of sp³-hybridized carbons (Fsp3) is 0.471. The highest BCUT2D eigenvalue weighted by Gasteiger charge is 2.31. The second kappa shape index (κ2) is 5.81. The van der Waals surface area contributed by atoms with Gasteiger partial charge in [-0.25, -0.2) is 4.79 Å². The first-order valence-corrected chi connectivity index (χ1v) is 8.36. The van der Waals surface area contributed by atoms with E-state index in [1.165, 1.54) is 4.90 Å². The number of aromatic nitrogens is 2. The van der Waals surface area contributed by atoms with Crippen molar-refractivity contribution in [1.82, 2.24) is 19.6 Å². The fourth-order valence-corrected chi connectivity index (χ4v) is 3.73. The van der Waals surface area contributed by atoms with Crippen LogP contribution in [0.5, 0.6) is 0 Å². The topological polar surface area (TPSA) is 78.7 Å². The van der Waals surface area contributed by atoms with Crippen LogP contribution in [0.4, 0.5) is 4.79 Å². The van der Waals surface area contributed by atoms with Gasteiger partial charge in [0.25, 0.3) is 5.91 Å². The van der Waals surface area contributed by atoms with E-state index in [4.69, 9.17) is 5.11 Å². The number of hydrogen-bond acceptors (Lipinski definition) is 3. The Hall–Kier alpha value is -2.57. The summed E-state index contributed by atoms with van der Waals surface area (Å²) in [6, 6.07) is 7.74. The second-order valence-corrected chi connectivity index (χ2v) is 6.55. The van der Waals surface area contributed by atoms with Gasteiger partial charge < -0.3 is 14.9 Å². The zero-order valence-corrected chi connectivity index (χ0v) is 13.4. The third-order valence-corrected chi connectivity index (χ3v) is 5.08. The normalized spacial score (nSPS) is 18.9. The summed E-state index contributed by atoms with van der Waals surface area (Å²) in [6.45, 7) is 3.19. The van der Waals surface area contributed by atoms with Gasteiger partial charge >= 0.3 is 6.09 Å². The summed E-state index contributed by atoms with van der Waals surface area (Å²) in [5.41, 5.74) is 1.54. The van der Waals surface area contributed by atoms with Crippen molar-refractivity contribution >= 4 is 22.9 Å². The quantitative estimate of drug-likeness (QED) is 0.913. The van der Waals surface area contributed by atoms with Crippen molar-refractivity contribution < 1.29 is 14.7 Å². The lowest BCUT2D eigenvalue weighted by atomic mass is 9.96. The molecule has 2 amide bonds. The number of carbonyl (C=O) groups excluding carboxylic acids is 1. The van der Waals surface area contributed by atoms with Crippen LogP contribution in [0, 0.1) is 5.92 Å². The first-order valence-electron chi connectivity index (χ1n) is 8.36. The number of rotatable bonds is 2. The minimum absolute atomic E-state index is 0.0376. The van der Waals surface area contributed by atoms with Gasteiger partial charge in [-0.05, 0) is 24.8 Å². The first kappa shape index (κ1) is 15.0. The van der Waals surface area contributed by atoms with Crippen molar-refractivity contribution in [3.05, 3.63) is 30.0 Å². The van der Waals surface area contributed by atoms with E-state index in [0.717, 1.165) is 23.7 Å². The van der Waals surface area contributed by atoms with E-state index < -0.39 is 6.09 Å². The van der Waals surface area contributed by atoms with Crippen molar-refractivity contribution in [2.45, 2.75) is 19.4 Å². The Morgan fingerprint density at radius 3 is 2.67 bits per heavy atom. The van der Waals surface area contributed by atoms with Crippen LogP contribution in [-0.2, 0) is 6.54 Å². The molecule has 1 saturated heterocycles. The van der Waals surface area contributed by atoms with Crippen LogP contribution in [0.25, 0.3) is 10.9 Å². The summed E-state index contributed by atoms with van der Waals surface area (Å²) < 4.78 is 1.82. The zero-order chi connectivity index (χ0) is 16.7. The highest BCUT2D eigenvalue weighted by molar-refractivity contribution is 6.05. The number of piperidine rings is 1. The standard InChI is InChI=1S/C17H20N4O3/c22-16-15-13-3-1-2-4-14(13)18-21(15)10-9-20(16)11-12-5-7-19(8-6-12)17(23)24/h1-4,12H,5-11H2,(H,23,24). The third-order valence-electron chi connectivity index (χ3n) is 5.08.